The molecule has 2 aliphatic heterocycles. The number of nitrogens with zero attached hydrogens (tertiary/aromatic N) is 4. The Hall–Kier alpha value is -3.42. The third-order valence-corrected chi connectivity index (χ3v) is 6.56. The van der Waals surface area contributed by atoms with Gasteiger partial charge in [0.1, 0.15) is 23.0 Å². The first-order chi connectivity index (χ1) is 16.1. The summed E-state index contributed by atoms with van der Waals surface area (Å²) in [6, 6.07) is 7.79. The molecule has 0 bridgehead atoms. The summed E-state index contributed by atoms with van der Waals surface area (Å²) in [5.41, 5.74) is 2.97. The summed E-state index contributed by atoms with van der Waals surface area (Å²) in [4.78, 5) is 34.1. The van der Waals surface area contributed by atoms with Gasteiger partial charge < -0.3 is 19.8 Å². The molecule has 0 saturated carbocycles. The van der Waals surface area contributed by atoms with E-state index in [1.54, 1.807) is 0 Å². The Morgan fingerprint density at radius 2 is 1.45 bits per heavy atom. The molecular weight excluding hydrogens is 416 g/mol. The Labute approximate surface area is 193 Å². The standard InChI is InChI=1S/C25H30N6O2/c1-17(27-25(33)21-16-31-13-5-3-7-23(31)29-21)19-10-8-18(9-11-19)14-26-24(32)20-15-30-12-4-2-6-22(30)28-20/h8-11,15-17H,2-7,12-14H2,1H3,(H,26,32)(H,27,33). The highest BCUT2D eigenvalue weighted by Crippen LogP contribution is 2.18. The summed E-state index contributed by atoms with van der Waals surface area (Å²) >= 11 is 0. The van der Waals surface area contributed by atoms with Crippen molar-refractivity contribution >= 4 is 11.8 Å². The average molecular weight is 447 g/mol. The summed E-state index contributed by atoms with van der Waals surface area (Å²) in [5, 5.41) is 6.00. The number of aryl methyl sites for hydroxylation is 4. The van der Waals surface area contributed by atoms with E-state index in [-0.39, 0.29) is 17.9 Å². The van der Waals surface area contributed by atoms with Crippen molar-refractivity contribution in [3.05, 3.63) is 70.8 Å². The van der Waals surface area contributed by atoms with E-state index in [9.17, 15) is 9.59 Å². The van der Waals surface area contributed by atoms with Crippen molar-refractivity contribution in [2.75, 3.05) is 0 Å². The monoisotopic (exact) mass is 446 g/mol. The van der Waals surface area contributed by atoms with E-state index < -0.39 is 0 Å². The van der Waals surface area contributed by atoms with Crippen LogP contribution in [-0.4, -0.2) is 30.9 Å². The first kappa shape index (κ1) is 21.4. The van der Waals surface area contributed by atoms with Crippen molar-refractivity contribution in [3.8, 4) is 0 Å². The number of carbonyl (C=O) groups excluding carboxylic acids is 2. The molecule has 4 heterocycles. The number of aromatic nitrogens is 4. The van der Waals surface area contributed by atoms with Crippen molar-refractivity contribution in [3.63, 3.8) is 0 Å². The molecule has 1 unspecified atom stereocenters. The fourth-order valence-electron chi connectivity index (χ4n) is 4.60. The van der Waals surface area contributed by atoms with Gasteiger partial charge in [0.2, 0.25) is 0 Å². The molecule has 1 aromatic carbocycles. The van der Waals surface area contributed by atoms with Gasteiger partial charge in [-0.25, -0.2) is 9.97 Å². The van der Waals surface area contributed by atoms with E-state index in [2.05, 4.69) is 29.7 Å². The lowest BCUT2D eigenvalue weighted by molar-refractivity contribution is 0.0930. The molecule has 8 heteroatoms. The van der Waals surface area contributed by atoms with Gasteiger partial charge in [-0.2, -0.15) is 0 Å². The molecule has 5 rings (SSSR count). The zero-order valence-electron chi connectivity index (χ0n) is 19.0. The normalized spacial score (nSPS) is 15.9. The molecule has 0 saturated heterocycles. The second-order valence-corrected chi connectivity index (χ2v) is 9.01. The number of benzene rings is 1. The van der Waals surface area contributed by atoms with Crippen molar-refractivity contribution in [1.29, 1.82) is 0 Å². The highest BCUT2D eigenvalue weighted by Gasteiger charge is 2.19. The lowest BCUT2D eigenvalue weighted by Gasteiger charge is -2.14. The number of carbonyl (C=O) groups is 2. The summed E-state index contributed by atoms with van der Waals surface area (Å²) in [7, 11) is 0. The number of hydrogen-bond acceptors (Lipinski definition) is 4. The summed E-state index contributed by atoms with van der Waals surface area (Å²) in [6.07, 6.45) is 10.1. The molecule has 2 amide bonds. The summed E-state index contributed by atoms with van der Waals surface area (Å²) in [5.74, 6) is 1.71. The predicted octanol–water partition coefficient (Wildman–Crippen LogP) is 3.17. The number of imidazole rings is 2. The van der Waals surface area contributed by atoms with Gasteiger partial charge in [-0.15, -0.1) is 0 Å². The van der Waals surface area contributed by atoms with Gasteiger partial charge in [-0.1, -0.05) is 24.3 Å². The Balaban J connectivity index is 1.15. The van der Waals surface area contributed by atoms with Crippen molar-refractivity contribution in [2.24, 2.45) is 0 Å². The third kappa shape index (κ3) is 4.69. The maximum atomic E-state index is 12.7. The molecule has 33 heavy (non-hydrogen) atoms. The van der Waals surface area contributed by atoms with Crippen LogP contribution >= 0.6 is 0 Å². The van der Waals surface area contributed by atoms with Gasteiger partial charge in [0, 0.05) is 44.9 Å². The summed E-state index contributed by atoms with van der Waals surface area (Å²) in [6.45, 7) is 4.27. The third-order valence-electron chi connectivity index (χ3n) is 6.56. The van der Waals surface area contributed by atoms with E-state index in [1.165, 1.54) is 0 Å². The fraction of sp³-hybridized carbons (Fsp3) is 0.440. The molecule has 2 aliphatic rings. The Bertz CT molecular complexity index is 1110. The number of amides is 2. The smallest absolute Gasteiger partial charge is 0.271 e. The van der Waals surface area contributed by atoms with Crippen LogP contribution < -0.4 is 10.6 Å². The molecule has 0 radical (unpaired) electrons. The molecule has 172 valence electrons. The maximum Gasteiger partial charge on any atom is 0.271 e. The van der Waals surface area contributed by atoms with Crippen LogP contribution in [0.15, 0.2) is 36.7 Å². The van der Waals surface area contributed by atoms with Crippen molar-refractivity contribution in [2.45, 2.75) is 71.1 Å². The van der Waals surface area contributed by atoms with Gasteiger partial charge in [0.25, 0.3) is 11.8 Å². The average Bonchev–Trinajstić information content (AvgIpc) is 3.47. The van der Waals surface area contributed by atoms with E-state index in [4.69, 9.17) is 0 Å². The van der Waals surface area contributed by atoms with Crippen LogP contribution in [0.5, 0.6) is 0 Å². The zero-order chi connectivity index (χ0) is 22.8. The first-order valence-corrected chi connectivity index (χ1v) is 11.9. The fourth-order valence-corrected chi connectivity index (χ4v) is 4.60. The minimum atomic E-state index is -0.150. The molecule has 8 nitrogen and oxygen atoms in total. The molecule has 2 N–H and O–H groups in total. The Morgan fingerprint density at radius 3 is 2.03 bits per heavy atom. The molecule has 0 fully saturated rings. The van der Waals surface area contributed by atoms with Crippen molar-refractivity contribution in [1.82, 2.24) is 29.7 Å². The molecule has 3 aromatic rings. The van der Waals surface area contributed by atoms with Crippen LogP contribution in [0, 0.1) is 0 Å². The first-order valence-electron chi connectivity index (χ1n) is 11.9. The quantitative estimate of drug-likeness (QED) is 0.608. The van der Waals surface area contributed by atoms with Crippen LogP contribution in [0.25, 0.3) is 0 Å². The van der Waals surface area contributed by atoms with Crippen LogP contribution in [0.2, 0.25) is 0 Å². The van der Waals surface area contributed by atoms with E-state index in [0.717, 1.165) is 74.4 Å². The van der Waals surface area contributed by atoms with Gasteiger partial charge >= 0.3 is 0 Å². The minimum Gasteiger partial charge on any atom is -0.347 e. The number of hydrogen-bond donors (Lipinski definition) is 2. The lowest BCUT2D eigenvalue weighted by Crippen LogP contribution is -2.27. The molecule has 0 spiro atoms. The highest BCUT2D eigenvalue weighted by atomic mass is 16.2. The number of nitrogens with one attached hydrogen (secondary N) is 2. The predicted molar refractivity (Wildman–Crippen MR) is 124 cm³/mol. The molecule has 2 aromatic heterocycles. The van der Waals surface area contributed by atoms with Crippen LogP contribution in [0.1, 0.15) is 82.4 Å². The number of rotatable bonds is 6. The largest absolute Gasteiger partial charge is 0.347 e. The highest BCUT2D eigenvalue weighted by molar-refractivity contribution is 5.92. The SMILES string of the molecule is CC(NC(=O)c1cn2c(n1)CCCC2)c1ccc(CNC(=O)c2cn3c(n2)CCCC3)cc1. The zero-order valence-corrected chi connectivity index (χ0v) is 19.0. The molecule has 1 atom stereocenters. The van der Waals surface area contributed by atoms with Gasteiger partial charge in [0.05, 0.1) is 6.04 Å². The van der Waals surface area contributed by atoms with E-state index >= 15 is 0 Å². The lowest BCUT2D eigenvalue weighted by atomic mass is 10.1. The summed E-state index contributed by atoms with van der Waals surface area (Å²) < 4.78 is 4.17. The minimum absolute atomic E-state index is 0.142. The second kappa shape index (κ2) is 9.21. The second-order valence-electron chi connectivity index (χ2n) is 9.01. The maximum absolute atomic E-state index is 12.7. The topological polar surface area (TPSA) is 93.8 Å². The Kier molecular flexibility index (Phi) is 5.98. The van der Waals surface area contributed by atoms with E-state index in [1.807, 2.05) is 43.6 Å². The van der Waals surface area contributed by atoms with Gasteiger partial charge in [0.15, 0.2) is 0 Å². The van der Waals surface area contributed by atoms with E-state index in [0.29, 0.717) is 17.9 Å². The van der Waals surface area contributed by atoms with Gasteiger partial charge in [-0.05, 0) is 43.7 Å². The Morgan fingerprint density at radius 1 is 0.879 bits per heavy atom. The van der Waals surface area contributed by atoms with Crippen LogP contribution in [0.4, 0.5) is 0 Å². The molecule has 0 aliphatic carbocycles. The molecular formula is C25H30N6O2. The van der Waals surface area contributed by atoms with Gasteiger partial charge in [-0.3, -0.25) is 9.59 Å². The number of fused-ring (bicyclic) bond motifs is 2. The van der Waals surface area contributed by atoms with Crippen LogP contribution in [0.3, 0.4) is 0 Å². The van der Waals surface area contributed by atoms with Crippen LogP contribution in [-0.2, 0) is 32.5 Å². The van der Waals surface area contributed by atoms with Crippen molar-refractivity contribution < 1.29 is 9.59 Å².